The monoisotopic (exact) mass is 344 g/mol. The van der Waals surface area contributed by atoms with Gasteiger partial charge in [-0.1, -0.05) is 6.42 Å². The van der Waals surface area contributed by atoms with E-state index in [2.05, 4.69) is 4.90 Å². The number of benzene rings is 1. The summed E-state index contributed by atoms with van der Waals surface area (Å²) in [5.41, 5.74) is 3.19. The molecule has 1 aromatic carbocycles. The molecule has 4 nitrogen and oxygen atoms in total. The number of aromatic nitrogens is 1. The molecule has 1 aliphatic heterocycles. The number of nitrogens with zero attached hydrogens (tertiary/aromatic N) is 2. The fourth-order valence-corrected chi connectivity index (χ4v) is 3.64. The van der Waals surface area contributed by atoms with Crippen molar-refractivity contribution < 1.29 is 13.9 Å². The Morgan fingerprint density at radius 3 is 2.52 bits per heavy atom. The van der Waals surface area contributed by atoms with Gasteiger partial charge in [0, 0.05) is 28.7 Å². The summed E-state index contributed by atoms with van der Waals surface area (Å²) in [5, 5.41) is 0. The predicted octanol–water partition coefficient (Wildman–Crippen LogP) is 3.91. The predicted molar refractivity (Wildman–Crippen MR) is 96.4 cm³/mol. The van der Waals surface area contributed by atoms with Gasteiger partial charge in [-0.3, -0.25) is 9.69 Å². The first kappa shape index (κ1) is 17.7. The van der Waals surface area contributed by atoms with E-state index in [0.717, 1.165) is 42.9 Å². The van der Waals surface area contributed by atoms with Gasteiger partial charge in [-0.15, -0.1) is 0 Å². The van der Waals surface area contributed by atoms with Gasteiger partial charge in [0.15, 0.2) is 17.3 Å². The van der Waals surface area contributed by atoms with Crippen molar-refractivity contribution in [2.75, 3.05) is 26.7 Å². The van der Waals surface area contributed by atoms with E-state index in [1.165, 1.54) is 19.6 Å². The molecule has 0 atom stereocenters. The van der Waals surface area contributed by atoms with Crippen LogP contribution in [-0.2, 0) is 0 Å². The molecular weight excluding hydrogens is 319 g/mol. The van der Waals surface area contributed by atoms with E-state index < -0.39 is 5.82 Å². The summed E-state index contributed by atoms with van der Waals surface area (Å²) in [6.45, 7) is 6.30. The van der Waals surface area contributed by atoms with Crippen molar-refractivity contribution in [2.45, 2.75) is 33.1 Å². The molecule has 3 rings (SSSR count). The summed E-state index contributed by atoms with van der Waals surface area (Å²) >= 11 is 0. The van der Waals surface area contributed by atoms with E-state index in [9.17, 15) is 9.18 Å². The summed E-state index contributed by atoms with van der Waals surface area (Å²) in [6.07, 6.45) is 3.58. The van der Waals surface area contributed by atoms with Gasteiger partial charge in [-0.2, -0.15) is 0 Å². The summed E-state index contributed by atoms with van der Waals surface area (Å²) < 4.78 is 21.0. The van der Waals surface area contributed by atoms with Gasteiger partial charge in [0.25, 0.3) is 0 Å². The summed E-state index contributed by atoms with van der Waals surface area (Å²) in [6, 6.07) is 6.76. The highest BCUT2D eigenvalue weighted by Crippen LogP contribution is 2.25. The third-order valence-electron chi connectivity index (χ3n) is 4.94. The molecule has 0 amide bonds. The van der Waals surface area contributed by atoms with Crippen molar-refractivity contribution in [3.05, 3.63) is 47.0 Å². The van der Waals surface area contributed by atoms with Gasteiger partial charge in [-0.25, -0.2) is 4.39 Å². The highest BCUT2D eigenvalue weighted by Gasteiger charge is 2.20. The van der Waals surface area contributed by atoms with Crippen molar-refractivity contribution >= 4 is 5.78 Å². The topological polar surface area (TPSA) is 34.5 Å². The molecule has 1 saturated heterocycles. The molecule has 5 heteroatoms. The van der Waals surface area contributed by atoms with E-state index in [-0.39, 0.29) is 11.5 Å². The average Bonchev–Trinajstić information content (AvgIpc) is 2.90. The van der Waals surface area contributed by atoms with Crippen LogP contribution in [0.15, 0.2) is 24.3 Å². The molecule has 0 radical (unpaired) electrons. The van der Waals surface area contributed by atoms with E-state index in [4.69, 9.17) is 4.74 Å². The first-order valence-electron chi connectivity index (χ1n) is 8.79. The second kappa shape index (κ2) is 7.40. The standard InChI is InChI=1S/C20H25FN2O2/c1-14-11-17(19(24)13-22-9-5-4-6-10-22)15(2)23(14)16-7-8-20(25-3)18(21)12-16/h7-8,11-12H,4-6,9-10,13H2,1-3H3. The van der Waals surface area contributed by atoms with Crippen molar-refractivity contribution in [3.63, 3.8) is 0 Å². The van der Waals surface area contributed by atoms with Gasteiger partial charge in [0.05, 0.1) is 13.7 Å². The minimum Gasteiger partial charge on any atom is -0.494 e. The lowest BCUT2D eigenvalue weighted by molar-refractivity contribution is 0.0915. The Hall–Kier alpha value is -2.14. The number of halogens is 1. The third kappa shape index (κ3) is 3.61. The Bertz CT molecular complexity index is 776. The first-order valence-corrected chi connectivity index (χ1v) is 8.79. The van der Waals surface area contributed by atoms with Crippen LogP contribution < -0.4 is 4.74 Å². The van der Waals surface area contributed by atoms with Crippen molar-refractivity contribution in [3.8, 4) is 11.4 Å². The number of ketones is 1. The van der Waals surface area contributed by atoms with Crippen LogP contribution >= 0.6 is 0 Å². The van der Waals surface area contributed by atoms with Crippen molar-refractivity contribution in [1.82, 2.24) is 9.47 Å². The summed E-state index contributed by atoms with van der Waals surface area (Å²) in [4.78, 5) is 15.0. The number of piperidine rings is 1. The number of ether oxygens (including phenoxy) is 1. The maximum Gasteiger partial charge on any atom is 0.178 e. The number of hydrogen-bond acceptors (Lipinski definition) is 3. The largest absolute Gasteiger partial charge is 0.494 e. The number of carbonyl (C=O) groups is 1. The number of aryl methyl sites for hydroxylation is 1. The number of carbonyl (C=O) groups excluding carboxylic acids is 1. The number of Topliss-reactive ketones (excluding diaryl/α,β-unsaturated/α-hetero) is 1. The number of hydrogen-bond donors (Lipinski definition) is 0. The Morgan fingerprint density at radius 1 is 1.16 bits per heavy atom. The van der Waals surface area contributed by atoms with E-state index in [1.54, 1.807) is 12.1 Å². The molecular formula is C20H25FN2O2. The quantitative estimate of drug-likeness (QED) is 0.771. The maximum absolute atomic E-state index is 14.1. The lowest BCUT2D eigenvalue weighted by atomic mass is 10.1. The molecule has 1 aromatic heterocycles. The van der Waals surface area contributed by atoms with Crippen LogP contribution in [0.2, 0.25) is 0 Å². The highest BCUT2D eigenvalue weighted by molar-refractivity contribution is 5.99. The molecule has 0 N–H and O–H groups in total. The second-order valence-electron chi connectivity index (χ2n) is 6.70. The van der Waals surface area contributed by atoms with E-state index >= 15 is 0 Å². The molecule has 0 unspecified atom stereocenters. The van der Waals surface area contributed by atoms with Crippen LogP contribution in [0, 0.1) is 19.7 Å². The Labute approximate surface area is 148 Å². The number of rotatable bonds is 5. The average molecular weight is 344 g/mol. The number of methoxy groups -OCH3 is 1. The first-order chi connectivity index (χ1) is 12.0. The van der Waals surface area contributed by atoms with Gasteiger partial charge >= 0.3 is 0 Å². The lowest BCUT2D eigenvalue weighted by Gasteiger charge is -2.25. The molecule has 2 aromatic rings. The summed E-state index contributed by atoms with van der Waals surface area (Å²) in [7, 11) is 1.45. The SMILES string of the molecule is COc1ccc(-n2c(C)cc(C(=O)CN3CCCCC3)c2C)cc1F. The van der Waals surface area contributed by atoms with Crippen molar-refractivity contribution in [1.29, 1.82) is 0 Å². The van der Waals surface area contributed by atoms with E-state index in [0.29, 0.717) is 12.2 Å². The molecule has 1 aliphatic rings. The molecule has 0 spiro atoms. The van der Waals surface area contributed by atoms with E-state index in [1.807, 2.05) is 24.5 Å². The van der Waals surface area contributed by atoms with Crippen molar-refractivity contribution in [2.24, 2.45) is 0 Å². The van der Waals surface area contributed by atoms with Crippen LogP contribution in [0.4, 0.5) is 4.39 Å². The zero-order valence-electron chi connectivity index (χ0n) is 15.1. The van der Waals surface area contributed by atoms with Crippen LogP contribution in [0.1, 0.15) is 41.0 Å². The Balaban J connectivity index is 1.87. The lowest BCUT2D eigenvalue weighted by Crippen LogP contribution is -2.34. The Kier molecular flexibility index (Phi) is 5.23. The molecule has 2 heterocycles. The van der Waals surface area contributed by atoms with Gasteiger partial charge in [0.2, 0.25) is 0 Å². The minimum atomic E-state index is -0.409. The zero-order valence-corrected chi connectivity index (χ0v) is 15.1. The minimum absolute atomic E-state index is 0.134. The zero-order chi connectivity index (χ0) is 18.0. The number of likely N-dealkylation sites (tertiary alicyclic amines) is 1. The van der Waals surface area contributed by atoms with Crippen LogP contribution in [-0.4, -0.2) is 42.0 Å². The highest BCUT2D eigenvalue weighted by atomic mass is 19.1. The normalized spacial score (nSPS) is 15.4. The maximum atomic E-state index is 14.1. The summed E-state index contributed by atoms with van der Waals surface area (Å²) in [5.74, 6) is -0.0588. The second-order valence-corrected chi connectivity index (χ2v) is 6.70. The smallest absolute Gasteiger partial charge is 0.178 e. The van der Waals surface area contributed by atoms with Gasteiger partial charge in [0.1, 0.15) is 0 Å². The fourth-order valence-electron chi connectivity index (χ4n) is 3.64. The molecule has 134 valence electrons. The van der Waals surface area contributed by atoms with Gasteiger partial charge < -0.3 is 9.30 Å². The van der Waals surface area contributed by atoms with Crippen LogP contribution in [0.5, 0.6) is 5.75 Å². The molecule has 0 saturated carbocycles. The molecule has 1 fully saturated rings. The van der Waals surface area contributed by atoms with Crippen LogP contribution in [0.25, 0.3) is 5.69 Å². The fraction of sp³-hybridized carbons (Fsp3) is 0.450. The third-order valence-corrected chi connectivity index (χ3v) is 4.94. The molecule has 0 bridgehead atoms. The van der Waals surface area contributed by atoms with Crippen LogP contribution in [0.3, 0.4) is 0 Å². The molecule has 0 aliphatic carbocycles. The Morgan fingerprint density at radius 2 is 1.88 bits per heavy atom. The molecule has 25 heavy (non-hydrogen) atoms. The van der Waals surface area contributed by atoms with Gasteiger partial charge in [-0.05, 0) is 58.0 Å².